The standard InChI is InChI=1S/C51H31N3S/c1-3-16-33(17-4-1)44-31-48(53-50(52-44)34-18-5-2-6-19-34)54-45-30-43-47(29-39(45)38-28-27-32-15-7-8-20-35(32)49(38)54)55-46-26-14-13-25-42(46)51(43)40-23-11-9-21-36(40)37-22-10-12-24-41(37)51/h1-31H. The van der Waals surface area contributed by atoms with Crippen LogP contribution >= 0.6 is 11.8 Å². The van der Waals surface area contributed by atoms with Crippen molar-refractivity contribution < 1.29 is 0 Å². The highest BCUT2D eigenvalue weighted by atomic mass is 32.2. The largest absolute Gasteiger partial charge is 0.293 e. The third-order valence-corrected chi connectivity index (χ3v) is 12.8. The molecule has 0 radical (unpaired) electrons. The summed E-state index contributed by atoms with van der Waals surface area (Å²) in [5.74, 6) is 1.54. The lowest BCUT2D eigenvalue weighted by Gasteiger charge is -2.39. The summed E-state index contributed by atoms with van der Waals surface area (Å²) in [4.78, 5) is 13.2. The fraction of sp³-hybridized carbons (Fsp3) is 0.0196. The zero-order valence-corrected chi connectivity index (χ0v) is 30.5. The van der Waals surface area contributed by atoms with Gasteiger partial charge in [0.25, 0.3) is 0 Å². The van der Waals surface area contributed by atoms with E-state index in [1.165, 1.54) is 64.7 Å². The molecule has 0 saturated carbocycles. The molecule has 1 aliphatic carbocycles. The summed E-state index contributed by atoms with van der Waals surface area (Å²) in [6.07, 6.45) is 0. The molecule has 2 aliphatic rings. The summed E-state index contributed by atoms with van der Waals surface area (Å²) >= 11 is 1.89. The van der Waals surface area contributed by atoms with Crippen LogP contribution in [0.2, 0.25) is 0 Å². The highest BCUT2D eigenvalue weighted by Gasteiger charge is 2.50. The molecule has 1 spiro atoms. The van der Waals surface area contributed by atoms with Crippen molar-refractivity contribution in [3.8, 4) is 39.6 Å². The molecule has 10 aromatic rings. The van der Waals surface area contributed by atoms with E-state index < -0.39 is 5.41 Å². The minimum absolute atomic E-state index is 0.488. The van der Waals surface area contributed by atoms with Crippen LogP contribution in [0, 0.1) is 0 Å². The molecule has 0 fully saturated rings. The summed E-state index contributed by atoms with van der Waals surface area (Å²) in [6.45, 7) is 0. The van der Waals surface area contributed by atoms with Crippen LogP contribution in [0.15, 0.2) is 198 Å². The second kappa shape index (κ2) is 11.6. The van der Waals surface area contributed by atoms with E-state index in [2.05, 4.69) is 187 Å². The van der Waals surface area contributed by atoms with Gasteiger partial charge in [-0.05, 0) is 57.0 Å². The van der Waals surface area contributed by atoms with Crippen molar-refractivity contribution in [3.05, 3.63) is 210 Å². The summed E-state index contributed by atoms with van der Waals surface area (Å²) in [6, 6.07) is 68.3. The van der Waals surface area contributed by atoms with Crippen LogP contribution < -0.4 is 0 Å². The maximum Gasteiger partial charge on any atom is 0.162 e. The Morgan fingerprint density at radius 1 is 0.436 bits per heavy atom. The Balaban J connectivity index is 1.25. The number of fused-ring (bicyclic) bond motifs is 14. The topological polar surface area (TPSA) is 30.7 Å². The summed E-state index contributed by atoms with van der Waals surface area (Å²) in [5, 5.41) is 4.81. The molecule has 8 aromatic carbocycles. The van der Waals surface area contributed by atoms with Crippen LogP contribution in [0.1, 0.15) is 22.3 Å². The molecule has 0 bridgehead atoms. The highest BCUT2D eigenvalue weighted by molar-refractivity contribution is 7.99. The summed E-state index contributed by atoms with van der Waals surface area (Å²) in [5.41, 5.74) is 12.6. The molecule has 55 heavy (non-hydrogen) atoms. The molecule has 2 aromatic heterocycles. The summed E-state index contributed by atoms with van der Waals surface area (Å²) in [7, 11) is 0. The lowest BCUT2D eigenvalue weighted by atomic mass is 9.67. The molecule has 0 saturated heterocycles. The predicted molar refractivity (Wildman–Crippen MR) is 226 cm³/mol. The van der Waals surface area contributed by atoms with E-state index in [-0.39, 0.29) is 0 Å². The van der Waals surface area contributed by atoms with Crippen molar-refractivity contribution in [1.29, 1.82) is 0 Å². The molecule has 3 heterocycles. The van der Waals surface area contributed by atoms with E-state index in [4.69, 9.17) is 9.97 Å². The first-order chi connectivity index (χ1) is 27.3. The predicted octanol–water partition coefficient (Wildman–Crippen LogP) is 12.9. The van der Waals surface area contributed by atoms with E-state index in [9.17, 15) is 0 Å². The van der Waals surface area contributed by atoms with E-state index in [0.717, 1.165) is 33.7 Å². The molecule has 0 N–H and O–H groups in total. The molecule has 4 heteroatoms. The number of aromatic nitrogens is 3. The van der Waals surface area contributed by atoms with Gasteiger partial charge in [-0.25, -0.2) is 9.97 Å². The third-order valence-electron chi connectivity index (χ3n) is 11.7. The monoisotopic (exact) mass is 717 g/mol. The van der Waals surface area contributed by atoms with Gasteiger partial charge in [0.2, 0.25) is 0 Å². The Labute approximate surface area is 322 Å². The summed E-state index contributed by atoms with van der Waals surface area (Å²) < 4.78 is 2.42. The average molecular weight is 718 g/mol. The van der Waals surface area contributed by atoms with E-state index in [0.29, 0.717) is 5.82 Å². The van der Waals surface area contributed by atoms with Crippen LogP contribution in [-0.2, 0) is 5.41 Å². The van der Waals surface area contributed by atoms with Crippen molar-refractivity contribution in [3.63, 3.8) is 0 Å². The van der Waals surface area contributed by atoms with Gasteiger partial charge in [0, 0.05) is 43.1 Å². The van der Waals surface area contributed by atoms with Crippen molar-refractivity contribution in [2.75, 3.05) is 0 Å². The number of hydrogen-bond donors (Lipinski definition) is 0. The van der Waals surface area contributed by atoms with Gasteiger partial charge in [0.15, 0.2) is 5.82 Å². The number of rotatable bonds is 3. The van der Waals surface area contributed by atoms with Gasteiger partial charge < -0.3 is 0 Å². The van der Waals surface area contributed by atoms with Gasteiger partial charge in [-0.3, -0.25) is 4.57 Å². The van der Waals surface area contributed by atoms with Crippen molar-refractivity contribution in [2.24, 2.45) is 0 Å². The van der Waals surface area contributed by atoms with Gasteiger partial charge in [0.05, 0.1) is 22.1 Å². The van der Waals surface area contributed by atoms with Crippen LogP contribution in [0.3, 0.4) is 0 Å². The first-order valence-electron chi connectivity index (χ1n) is 18.7. The van der Waals surface area contributed by atoms with Crippen LogP contribution in [-0.4, -0.2) is 14.5 Å². The maximum absolute atomic E-state index is 5.43. The van der Waals surface area contributed by atoms with Gasteiger partial charge >= 0.3 is 0 Å². The minimum Gasteiger partial charge on any atom is -0.293 e. The molecule has 256 valence electrons. The number of nitrogens with zero attached hydrogens (tertiary/aromatic N) is 3. The molecule has 0 atom stereocenters. The molecular weight excluding hydrogens is 687 g/mol. The fourth-order valence-electron chi connectivity index (χ4n) is 9.38. The first kappa shape index (κ1) is 30.7. The maximum atomic E-state index is 5.43. The van der Waals surface area contributed by atoms with E-state index in [1.54, 1.807) is 0 Å². The molecule has 3 nitrogen and oxygen atoms in total. The van der Waals surface area contributed by atoms with Crippen LogP contribution in [0.5, 0.6) is 0 Å². The molecule has 12 rings (SSSR count). The molecule has 0 unspecified atom stereocenters. The zero-order valence-electron chi connectivity index (χ0n) is 29.6. The zero-order chi connectivity index (χ0) is 36.1. The Morgan fingerprint density at radius 3 is 1.84 bits per heavy atom. The van der Waals surface area contributed by atoms with E-state index >= 15 is 0 Å². The third kappa shape index (κ3) is 4.29. The Hall–Kier alpha value is -6.75. The van der Waals surface area contributed by atoms with Crippen LogP contribution in [0.4, 0.5) is 0 Å². The fourth-order valence-corrected chi connectivity index (χ4v) is 10.6. The first-order valence-corrected chi connectivity index (χ1v) is 19.6. The number of hydrogen-bond acceptors (Lipinski definition) is 3. The Kier molecular flexibility index (Phi) is 6.48. The molecule has 0 amide bonds. The van der Waals surface area contributed by atoms with Gasteiger partial charge in [-0.2, -0.15) is 0 Å². The highest BCUT2D eigenvalue weighted by Crippen LogP contribution is 2.62. The second-order valence-electron chi connectivity index (χ2n) is 14.5. The Bertz CT molecular complexity index is 3080. The SMILES string of the molecule is c1ccc(-c2cc(-n3c4cc5c(cc4c4ccc6ccccc6c43)Sc3ccccc3C53c4ccccc4-c4ccccc43)nc(-c3ccccc3)n2)cc1. The lowest BCUT2D eigenvalue weighted by molar-refractivity contribution is 0.723. The lowest BCUT2D eigenvalue weighted by Crippen LogP contribution is -2.32. The van der Waals surface area contributed by atoms with Gasteiger partial charge in [-0.15, -0.1) is 0 Å². The van der Waals surface area contributed by atoms with Gasteiger partial charge in [-0.1, -0.05) is 176 Å². The van der Waals surface area contributed by atoms with Crippen LogP contribution in [0.25, 0.3) is 72.2 Å². The van der Waals surface area contributed by atoms with Crippen molar-refractivity contribution >= 4 is 44.3 Å². The van der Waals surface area contributed by atoms with Crippen molar-refractivity contribution in [2.45, 2.75) is 15.2 Å². The molecule has 1 aliphatic heterocycles. The smallest absolute Gasteiger partial charge is 0.162 e. The average Bonchev–Trinajstić information content (AvgIpc) is 3.74. The minimum atomic E-state index is -0.488. The van der Waals surface area contributed by atoms with Crippen molar-refractivity contribution in [1.82, 2.24) is 14.5 Å². The quantitative estimate of drug-likeness (QED) is 0.182. The Morgan fingerprint density at radius 2 is 1.07 bits per heavy atom. The molecular formula is C51H31N3S. The van der Waals surface area contributed by atoms with E-state index in [1.807, 2.05) is 17.8 Å². The van der Waals surface area contributed by atoms with Gasteiger partial charge in [0.1, 0.15) is 5.82 Å². The normalized spacial score (nSPS) is 13.5. The second-order valence-corrected chi connectivity index (χ2v) is 15.6. The number of benzene rings is 8.